The molecule has 7 nitrogen and oxygen atoms in total. The Hall–Kier alpha value is -1.90. The predicted molar refractivity (Wildman–Crippen MR) is 91.6 cm³/mol. The molecule has 8 heteroatoms. The summed E-state index contributed by atoms with van der Waals surface area (Å²) in [5.41, 5.74) is 1.68. The van der Waals surface area contributed by atoms with Crippen molar-refractivity contribution in [1.82, 2.24) is 9.29 Å². The number of ether oxygens (including phenoxy) is 2. The number of fused-ring (bicyclic) bond motifs is 2. The summed E-state index contributed by atoms with van der Waals surface area (Å²) in [5, 5.41) is 0. The van der Waals surface area contributed by atoms with Crippen molar-refractivity contribution in [3.63, 3.8) is 0 Å². The number of hydrogen-bond donors (Lipinski definition) is 0. The fourth-order valence-corrected chi connectivity index (χ4v) is 5.23. The smallest absolute Gasteiger partial charge is 0.243 e. The van der Waals surface area contributed by atoms with E-state index in [-0.39, 0.29) is 12.5 Å². The molecule has 0 amide bonds. The first-order chi connectivity index (χ1) is 12.6. The van der Waals surface area contributed by atoms with E-state index in [0.29, 0.717) is 37.0 Å². The summed E-state index contributed by atoms with van der Waals surface area (Å²) in [7, 11) is -3.56. The highest BCUT2D eigenvalue weighted by Gasteiger charge is 2.33. The summed E-state index contributed by atoms with van der Waals surface area (Å²) >= 11 is 0. The number of hydrogen-bond acceptors (Lipinski definition) is 6. The van der Waals surface area contributed by atoms with E-state index in [1.807, 2.05) is 0 Å². The molecule has 1 unspecified atom stereocenters. The zero-order valence-electron chi connectivity index (χ0n) is 14.3. The van der Waals surface area contributed by atoms with Crippen LogP contribution < -0.4 is 4.74 Å². The van der Waals surface area contributed by atoms with Gasteiger partial charge in [-0.1, -0.05) is 0 Å². The summed E-state index contributed by atoms with van der Waals surface area (Å²) in [5.74, 6) is 2.45. The van der Waals surface area contributed by atoms with Crippen molar-refractivity contribution in [2.75, 3.05) is 26.4 Å². The van der Waals surface area contributed by atoms with Gasteiger partial charge in [0.2, 0.25) is 10.0 Å². The molecule has 0 N–H and O–H groups in total. The molecule has 0 aliphatic carbocycles. The first-order valence-corrected chi connectivity index (χ1v) is 10.4. The normalized spacial score (nSPS) is 22.8. The Bertz CT molecular complexity index is 946. The Morgan fingerprint density at radius 2 is 2.12 bits per heavy atom. The monoisotopic (exact) mass is 376 g/mol. The second-order valence-corrected chi connectivity index (χ2v) is 8.88. The van der Waals surface area contributed by atoms with E-state index >= 15 is 0 Å². The van der Waals surface area contributed by atoms with E-state index in [2.05, 4.69) is 4.98 Å². The number of aromatic nitrogens is 1. The molecule has 4 heterocycles. The molecule has 26 heavy (non-hydrogen) atoms. The molecule has 138 valence electrons. The van der Waals surface area contributed by atoms with Crippen molar-refractivity contribution < 1.29 is 22.3 Å². The Kier molecular flexibility index (Phi) is 3.80. The molecular formula is C18H20N2O5S. The van der Waals surface area contributed by atoms with Crippen molar-refractivity contribution in [2.45, 2.75) is 36.6 Å². The van der Waals surface area contributed by atoms with Crippen LogP contribution in [0.3, 0.4) is 0 Å². The van der Waals surface area contributed by atoms with Crippen LogP contribution in [-0.2, 0) is 34.1 Å². The van der Waals surface area contributed by atoms with Gasteiger partial charge in [-0.25, -0.2) is 13.4 Å². The van der Waals surface area contributed by atoms with Gasteiger partial charge < -0.3 is 13.9 Å². The van der Waals surface area contributed by atoms with Gasteiger partial charge in [-0.15, -0.1) is 0 Å². The standard InChI is InChI=1S/C18H20N2O5S/c21-26(22,14-1-2-16-12(9-14)5-8-24-16)20-6-3-17-15(10-20)19-18(25-17)13-4-7-23-11-13/h1-2,9,13H,3-8,10-11H2. The molecule has 1 aromatic heterocycles. The Morgan fingerprint density at radius 3 is 2.96 bits per heavy atom. The van der Waals surface area contributed by atoms with Gasteiger partial charge in [0.1, 0.15) is 11.5 Å². The highest BCUT2D eigenvalue weighted by atomic mass is 32.2. The van der Waals surface area contributed by atoms with E-state index in [1.165, 1.54) is 4.31 Å². The van der Waals surface area contributed by atoms with E-state index in [9.17, 15) is 8.42 Å². The first kappa shape index (κ1) is 16.3. The molecule has 1 saturated heterocycles. The van der Waals surface area contributed by atoms with Crippen molar-refractivity contribution in [3.05, 3.63) is 41.1 Å². The number of sulfonamides is 1. The largest absolute Gasteiger partial charge is 0.493 e. The SMILES string of the molecule is O=S(=O)(c1ccc2c(c1)CCO2)N1CCc2oc(C3CCOC3)nc2C1. The van der Waals surface area contributed by atoms with Gasteiger partial charge in [0, 0.05) is 26.0 Å². The third-order valence-corrected chi connectivity index (χ3v) is 7.13. The van der Waals surface area contributed by atoms with Crippen LogP contribution in [0.5, 0.6) is 5.75 Å². The van der Waals surface area contributed by atoms with Crippen molar-refractivity contribution in [1.29, 1.82) is 0 Å². The van der Waals surface area contributed by atoms with E-state index in [0.717, 1.165) is 42.2 Å². The summed E-state index contributed by atoms with van der Waals surface area (Å²) in [4.78, 5) is 4.89. The lowest BCUT2D eigenvalue weighted by molar-refractivity contribution is 0.190. The zero-order valence-corrected chi connectivity index (χ0v) is 15.1. The molecule has 0 radical (unpaired) electrons. The van der Waals surface area contributed by atoms with Crippen molar-refractivity contribution in [3.8, 4) is 5.75 Å². The van der Waals surface area contributed by atoms with Crippen LogP contribution in [0.4, 0.5) is 0 Å². The summed E-state index contributed by atoms with van der Waals surface area (Å²) in [6, 6.07) is 5.11. The van der Waals surface area contributed by atoms with E-state index < -0.39 is 10.0 Å². The average Bonchev–Trinajstić information content (AvgIpc) is 3.39. The minimum Gasteiger partial charge on any atom is -0.493 e. The van der Waals surface area contributed by atoms with Crippen LogP contribution in [0.1, 0.15) is 35.2 Å². The minimum absolute atomic E-state index is 0.183. The second-order valence-electron chi connectivity index (χ2n) is 6.94. The van der Waals surface area contributed by atoms with Gasteiger partial charge in [0.25, 0.3) is 0 Å². The van der Waals surface area contributed by atoms with Crippen LogP contribution in [0.2, 0.25) is 0 Å². The molecule has 2 aromatic rings. The maximum Gasteiger partial charge on any atom is 0.243 e. The third-order valence-electron chi connectivity index (χ3n) is 5.29. The Labute approximate surface area is 152 Å². The predicted octanol–water partition coefficient (Wildman–Crippen LogP) is 1.86. The van der Waals surface area contributed by atoms with Crippen LogP contribution in [0.15, 0.2) is 27.5 Å². The van der Waals surface area contributed by atoms with Crippen molar-refractivity contribution in [2.24, 2.45) is 0 Å². The number of oxazole rings is 1. The van der Waals surface area contributed by atoms with Crippen molar-refractivity contribution >= 4 is 10.0 Å². The topological polar surface area (TPSA) is 81.9 Å². The summed E-state index contributed by atoms with van der Waals surface area (Å²) in [6.45, 7) is 2.61. The Balaban J connectivity index is 1.41. The molecule has 0 spiro atoms. The highest BCUT2D eigenvalue weighted by molar-refractivity contribution is 7.89. The summed E-state index contributed by atoms with van der Waals surface area (Å²) in [6.07, 6.45) is 2.20. The molecule has 0 saturated carbocycles. The fraction of sp³-hybridized carbons (Fsp3) is 0.500. The fourth-order valence-electron chi connectivity index (χ4n) is 3.78. The van der Waals surface area contributed by atoms with E-state index in [4.69, 9.17) is 13.9 Å². The maximum absolute atomic E-state index is 13.1. The molecule has 3 aliphatic heterocycles. The molecule has 0 bridgehead atoms. The van der Waals surface area contributed by atoms with Crippen LogP contribution in [0.25, 0.3) is 0 Å². The van der Waals surface area contributed by atoms with Crippen LogP contribution >= 0.6 is 0 Å². The quantitative estimate of drug-likeness (QED) is 0.813. The highest BCUT2D eigenvalue weighted by Crippen LogP contribution is 2.32. The van der Waals surface area contributed by atoms with Gasteiger partial charge in [0.15, 0.2) is 5.89 Å². The molecule has 3 aliphatic rings. The lowest BCUT2D eigenvalue weighted by Gasteiger charge is -2.24. The summed E-state index contributed by atoms with van der Waals surface area (Å²) < 4.78 is 44.4. The van der Waals surface area contributed by atoms with E-state index in [1.54, 1.807) is 18.2 Å². The minimum atomic E-state index is -3.56. The van der Waals surface area contributed by atoms with Gasteiger partial charge in [0.05, 0.1) is 36.3 Å². The lowest BCUT2D eigenvalue weighted by atomic mass is 10.1. The molecule has 1 fully saturated rings. The molecule has 5 rings (SSSR count). The van der Waals surface area contributed by atoms with Gasteiger partial charge in [-0.05, 0) is 30.2 Å². The maximum atomic E-state index is 13.1. The zero-order chi connectivity index (χ0) is 17.7. The Morgan fingerprint density at radius 1 is 1.19 bits per heavy atom. The third kappa shape index (κ3) is 2.64. The van der Waals surface area contributed by atoms with Gasteiger partial charge >= 0.3 is 0 Å². The number of nitrogens with zero attached hydrogens (tertiary/aromatic N) is 2. The number of benzene rings is 1. The second kappa shape index (κ2) is 6.07. The molecular weight excluding hydrogens is 356 g/mol. The molecule has 1 atom stereocenters. The van der Waals surface area contributed by atoms with Gasteiger partial charge in [-0.2, -0.15) is 4.31 Å². The first-order valence-electron chi connectivity index (χ1n) is 8.93. The number of rotatable bonds is 3. The average molecular weight is 376 g/mol. The van der Waals surface area contributed by atoms with Crippen LogP contribution in [-0.4, -0.2) is 44.1 Å². The lowest BCUT2D eigenvalue weighted by Crippen LogP contribution is -2.35. The van der Waals surface area contributed by atoms with Crippen LogP contribution in [0, 0.1) is 0 Å². The molecule has 1 aromatic carbocycles. The van der Waals surface area contributed by atoms with Gasteiger partial charge in [-0.3, -0.25) is 0 Å².